The first-order valence-corrected chi connectivity index (χ1v) is 6.99. The van der Waals surface area contributed by atoms with Gasteiger partial charge in [-0.15, -0.1) is 0 Å². The Morgan fingerprint density at radius 1 is 1.38 bits per heavy atom. The summed E-state index contributed by atoms with van der Waals surface area (Å²) in [5, 5.41) is 15.0. The summed E-state index contributed by atoms with van der Waals surface area (Å²) in [6, 6.07) is 6.25. The predicted molar refractivity (Wildman–Crippen MR) is 80.4 cm³/mol. The molecule has 5 nitrogen and oxygen atoms in total. The maximum atomic E-state index is 13.7. The van der Waals surface area contributed by atoms with Gasteiger partial charge >= 0.3 is 0 Å². The molecule has 0 fully saturated rings. The van der Waals surface area contributed by atoms with E-state index in [1.165, 1.54) is 18.2 Å². The molecule has 6 heteroatoms. The highest BCUT2D eigenvalue weighted by Gasteiger charge is 2.04. The lowest BCUT2D eigenvalue weighted by Gasteiger charge is -2.11. The molecule has 0 bridgehead atoms. The number of hydrogen-bond acceptors (Lipinski definition) is 3. The third-order valence-electron chi connectivity index (χ3n) is 2.67. The minimum Gasteiger partial charge on any atom is -0.380 e. The Balaban J connectivity index is 2.66. The van der Waals surface area contributed by atoms with Crippen molar-refractivity contribution >= 4 is 5.96 Å². The number of nitriles is 1. The van der Waals surface area contributed by atoms with Crippen LogP contribution in [0.15, 0.2) is 23.2 Å². The number of nitrogens with one attached hydrogen (secondary N) is 2. The highest BCUT2D eigenvalue weighted by atomic mass is 19.1. The number of guanidine groups is 1. The Bertz CT molecular complexity index is 511. The first-order chi connectivity index (χ1) is 10.2. The fraction of sp³-hybridized carbons (Fsp3) is 0.467. The molecule has 0 aliphatic carbocycles. The molecule has 0 saturated heterocycles. The van der Waals surface area contributed by atoms with Crippen molar-refractivity contribution in [1.29, 1.82) is 5.26 Å². The van der Waals surface area contributed by atoms with Crippen molar-refractivity contribution in [2.75, 3.05) is 26.3 Å². The molecule has 0 aromatic heterocycles. The number of hydrogen-bond donors (Lipinski definition) is 2. The third-order valence-corrected chi connectivity index (χ3v) is 2.67. The van der Waals surface area contributed by atoms with Gasteiger partial charge in [-0.05, 0) is 32.0 Å². The molecule has 21 heavy (non-hydrogen) atoms. The van der Waals surface area contributed by atoms with Crippen LogP contribution in [0.1, 0.15) is 25.0 Å². The molecular formula is C15H21FN4O. The second-order valence-electron chi connectivity index (χ2n) is 4.24. The van der Waals surface area contributed by atoms with Gasteiger partial charge in [0.2, 0.25) is 0 Å². The summed E-state index contributed by atoms with van der Waals surface area (Å²) in [6.45, 7) is 6.65. The van der Waals surface area contributed by atoms with E-state index in [4.69, 9.17) is 10.00 Å². The smallest absolute Gasteiger partial charge is 0.191 e. The van der Waals surface area contributed by atoms with Gasteiger partial charge in [-0.1, -0.05) is 0 Å². The molecule has 0 radical (unpaired) electrons. The summed E-state index contributed by atoms with van der Waals surface area (Å²) in [4.78, 5) is 4.31. The van der Waals surface area contributed by atoms with Crippen LogP contribution < -0.4 is 10.6 Å². The zero-order chi connectivity index (χ0) is 15.5. The topological polar surface area (TPSA) is 69.4 Å². The van der Waals surface area contributed by atoms with E-state index < -0.39 is 0 Å². The van der Waals surface area contributed by atoms with E-state index in [0.29, 0.717) is 43.4 Å². The van der Waals surface area contributed by atoms with Gasteiger partial charge in [0.1, 0.15) is 5.82 Å². The Labute approximate surface area is 124 Å². The monoisotopic (exact) mass is 292 g/mol. The molecule has 0 amide bonds. The minimum absolute atomic E-state index is 0.172. The van der Waals surface area contributed by atoms with Gasteiger partial charge in [0, 0.05) is 25.3 Å². The van der Waals surface area contributed by atoms with Crippen molar-refractivity contribution in [2.24, 2.45) is 4.99 Å². The van der Waals surface area contributed by atoms with Crippen LogP contribution in [0.3, 0.4) is 0 Å². The van der Waals surface area contributed by atoms with Crippen molar-refractivity contribution in [1.82, 2.24) is 10.6 Å². The van der Waals surface area contributed by atoms with Gasteiger partial charge in [0.25, 0.3) is 0 Å². The van der Waals surface area contributed by atoms with Gasteiger partial charge in [-0.2, -0.15) is 5.26 Å². The van der Waals surface area contributed by atoms with Gasteiger partial charge in [-0.3, -0.25) is 0 Å². The molecule has 0 heterocycles. The maximum absolute atomic E-state index is 13.7. The Morgan fingerprint density at radius 2 is 2.19 bits per heavy atom. The van der Waals surface area contributed by atoms with Crippen molar-refractivity contribution in [3.05, 3.63) is 35.1 Å². The van der Waals surface area contributed by atoms with Gasteiger partial charge in [0.15, 0.2) is 5.96 Å². The van der Waals surface area contributed by atoms with E-state index in [1.807, 2.05) is 19.9 Å². The van der Waals surface area contributed by atoms with Crippen LogP contribution in [0.25, 0.3) is 0 Å². The molecule has 0 aliphatic heterocycles. The van der Waals surface area contributed by atoms with Crippen LogP contribution in [-0.4, -0.2) is 32.3 Å². The first-order valence-electron chi connectivity index (χ1n) is 6.99. The largest absolute Gasteiger partial charge is 0.380 e. The van der Waals surface area contributed by atoms with Crippen molar-refractivity contribution < 1.29 is 9.13 Å². The van der Waals surface area contributed by atoms with E-state index in [2.05, 4.69) is 15.6 Å². The fourth-order valence-electron chi connectivity index (χ4n) is 1.66. The molecule has 0 atom stereocenters. The first kappa shape index (κ1) is 16.9. The van der Waals surface area contributed by atoms with Gasteiger partial charge < -0.3 is 15.4 Å². The average Bonchev–Trinajstić information content (AvgIpc) is 2.50. The van der Waals surface area contributed by atoms with Gasteiger partial charge in [0.05, 0.1) is 24.8 Å². The predicted octanol–water partition coefficient (Wildman–Crippen LogP) is 1.79. The van der Waals surface area contributed by atoms with Gasteiger partial charge in [-0.25, -0.2) is 9.38 Å². The SMILES string of the molecule is CCNC(=NCc1cc(C#N)ccc1F)NCCOCC. The molecule has 0 aliphatic rings. The lowest BCUT2D eigenvalue weighted by Crippen LogP contribution is -2.39. The quantitative estimate of drug-likeness (QED) is 0.457. The molecule has 1 aromatic rings. The molecule has 0 unspecified atom stereocenters. The van der Waals surface area contributed by atoms with E-state index in [0.717, 1.165) is 0 Å². The van der Waals surface area contributed by atoms with E-state index >= 15 is 0 Å². The number of benzene rings is 1. The summed E-state index contributed by atoms with van der Waals surface area (Å²) in [5.41, 5.74) is 0.826. The standard InChI is InChI=1S/C15H21FN4O/c1-3-18-15(19-7-8-21-4-2)20-11-13-9-12(10-17)5-6-14(13)16/h5-6,9H,3-4,7-8,11H2,1-2H3,(H2,18,19,20). The van der Waals surface area contributed by atoms with Crippen molar-refractivity contribution in [3.63, 3.8) is 0 Å². The van der Waals surface area contributed by atoms with Crippen LogP contribution >= 0.6 is 0 Å². The molecule has 2 N–H and O–H groups in total. The highest BCUT2D eigenvalue weighted by Crippen LogP contribution is 2.11. The van der Waals surface area contributed by atoms with Crippen LogP contribution in [0.4, 0.5) is 4.39 Å². The summed E-state index contributed by atoms with van der Waals surface area (Å²) < 4.78 is 18.9. The van der Waals surface area contributed by atoms with Crippen molar-refractivity contribution in [2.45, 2.75) is 20.4 Å². The second-order valence-corrected chi connectivity index (χ2v) is 4.24. The Kier molecular flexibility index (Phi) is 7.84. The Morgan fingerprint density at radius 3 is 2.86 bits per heavy atom. The number of ether oxygens (including phenoxy) is 1. The molecule has 1 rings (SSSR count). The summed E-state index contributed by atoms with van der Waals surface area (Å²) in [6.07, 6.45) is 0. The molecular weight excluding hydrogens is 271 g/mol. The van der Waals surface area contributed by atoms with Crippen LogP contribution in [0, 0.1) is 17.1 Å². The summed E-state index contributed by atoms with van der Waals surface area (Å²) in [5.74, 6) is 0.238. The zero-order valence-electron chi connectivity index (χ0n) is 12.4. The lowest BCUT2D eigenvalue weighted by molar-refractivity contribution is 0.152. The van der Waals surface area contributed by atoms with E-state index in [9.17, 15) is 4.39 Å². The van der Waals surface area contributed by atoms with E-state index in [1.54, 1.807) is 0 Å². The normalized spacial score (nSPS) is 11.0. The molecule has 114 valence electrons. The highest BCUT2D eigenvalue weighted by molar-refractivity contribution is 5.79. The maximum Gasteiger partial charge on any atom is 0.191 e. The fourth-order valence-corrected chi connectivity index (χ4v) is 1.66. The second kappa shape index (κ2) is 9.72. The van der Waals surface area contributed by atoms with Crippen LogP contribution in [-0.2, 0) is 11.3 Å². The van der Waals surface area contributed by atoms with Crippen LogP contribution in [0.2, 0.25) is 0 Å². The summed E-state index contributed by atoms with van der Waals surface area (Å²) in [7, 11) is 0. The zero-order valence-corrected chi connectivity index (χ0v) is 12.4. The van der Waals surface area contributed by atoms with Crippen LogP contribution in [0.5, 0.6) is 0 Å². The van der Waals surface area contributed by atoms with Crippen molar-refractivity contribution in [3.8, 4) is 6.07 Å². The average molecular weight is 292 g/mol. The number of rotatable bonds is 7. The number of halogens is 1. The number of aliphatic imine (C=N–C) groups is 1. The number of nitrogens with zero attached hydrogens (tertiary/aromatic N) is 2. The summed E-state index contributed by atoms with van der Waals surface area (Å²) >= 11 is 0. The minimum atomic E-state index is -0.358. The Hall–Kier alpha value is -2.13. The molecule has 0 spiro atoms. The molecule has 1 aromatic carbocycles. The lowest BCUT2D eigenvalue weighted by atomic mass is 10.1. The third kappa shape index (κ3) is 6.23. The molecule has 0 saturated carbocycles. The van der Waals surface area contributed by atoms with E-state index in [-0.39, 0.29) is 12.4 Å².